The van der Waals surface area contributed by atoms with Crippen LogP contribution in [-0.4, -0.2) is 4.98 Å². The first-order chi connectivity index (χ1) is 8.81. The van der Waals surface area contributed by atoms with Crippen LogP contribution in [0.25, 0.3) is 11.1 Å². The Morgan fingerprint density at radius 3 is 2.67 bits per heavy atom. The van der Waals surface area contributed by atoms with Gasteiger partial charge in [-0.15, -0.1) is 0 Å². The quantitative estimate of drug-likeness (QED) is 0.700. The van der Waals surface area contributed by atoms with Crippen LogP contribution >= 0.6 is 11.6 Å². The molecule has 0 aliphatic heterocycles. The summed E-state index contributed by atoms with van der Waals surface area (Å²) in [6.45, 7) is 0. The molecule has 3 rings (SSSR count). The molecule has 0 unspecified atom stereocenters. The fraction of sp³-hybridized carbons (Fsp3) is 0. The molecule has 18 heavy (non-hydrogen) atoms. The molecule has 5 heteroatoms. The van der Waals surface area contributed by atoms with Crippen LogP contribution in [0.15, 0.2) is 52.9 Å². The molecule has 3 aromatic rings. The van der Waals surface area contributed by atoms with E-state index in [4.69, 9.17) is 16.0 Å². The highest BCUT2D eigenvalue weighted by Gasteiger charge is 2.05. The molecular formula is C13H10ClN3O. The van der Waals surface area contributed by atoms with E-state index in [-0.39, 0.29) is 0 Å². The van der Waals surface area contributed by atoms with Gasteiger partial charge in [0.15, 0.2) is 5.58 Å². The van der Waals surface area contributed by atoms with Crippen LogP contribution in [0.2, 0.25) is 5.02 Å². The topological polar surface area (TPSA) is 50.1 Å². The number of nitrogens with one attached hydrogen (secondary N) is 2. The Balaban J connectivity index is 1.79. The summed E-state index contributed by atoms with van der Waals surface area (Å²) in [6.07, 6.45) is 0. The van der Waals surface area contributed by atoms with Gasteiger partial charge < -0.3 is 4.42 Å². The van der Waals surface area contributed by atoms with Crippen molar-refractivity contribution in [2.45, 2.75) is 0 Å². The number of hydrogen-bond acceptors (Lipinski definition) is 4. The largest absolute Gasteiger partial charge is 0.422 e. The molecule has 0 fully saturated rings. The smallest absolute Gasteiger partial charge is 0.314 e. The normalized spacial score (nSPS) is 10.5. The van der Waals surface area contributed by atoms with Crippen LogP contribution in [0, 0.1) is 0 Å². The van der Waals surface area contributed by atoms with Gasteiger partial charge in [-0.1, -0.05) is 29.8 Å². The van der Waals surface area contributed by atoms with E-state index in [0.717, 1.165) is 11.2 Å². The van der Waals surface area contributed by atoms with Crippen molar-refractivity contribution in [3.63, 3.8) is 0 Å². The third-order valence-electron chi connectivity index (χ3n) is 2.44. The van der Waals surface area contributed by atoms with Crippen molar-refractivity contribution in [2.75, 3.05) is 10.9 Å². The highest BCUT2D eigenvalue weighted by Crippen LogP contribution is 2.22. The van der Waals surface area contributed by atoms with Crippen LogP contribution in [-0.2, 0) is 0 Å². The highest BCUT2D eigenvalue weighted by atomic mass is 35.5. The van der Waals surface area contributed by atoms with Gasteiger partial charge in [-0.3, -0.25) is 10.9 Å². The number of halogens is 1. The van der Waals surface area contributed by atoms with Gasteiger partial charge in [0.05, 0.1) is 5.69 Å². The van der Waals surface area contributed by atoms with Crippen molar-refractivity contribution in [3.05, 3.63) is 53.6 Å². The second-order valence-corrected chi connectivity index (χ2v) is 4.18. The molecule has 0 saturated carbocycles. The number of rotatable bonds is 3. The van der Waals surface area contributed by atoms with Gasteiger partial charge in [0.1, 0.15) is 5.52 Å². The fourth-order valence-corrected chi connectivity index (χ4v) is 1.77. The van der Waals surface area contributed by atoms with Crippen LogP contribution in [0.3, 0.4) is 0 Å². The third kappa shape index (κ3) is 2.24. The second-order valence-electron chi connectivity index (χ2n) is 3.75. The van der Waals surface area contributed by atoms with E-state index in [1.807, 2.05) is 30.3 Å². The minimum atomic E-state index is 0.399. The molecular weight excluding hydrogens is 250 g/mol. The summed E-state index contributed by atoms with van der Waals surface area (Å²) in [6, 6.07) is 15.4. The first-order valence-electron chi connectivity index (χ1n) is 5.44. The molecule has 0 aliphatic rings. The Morgan fingerprint density at radius 2 is 1.83 bits per heavy atom. The Bertz CT molecular complexity index is 666. The summed E-state index contributed by atoms with van der Waals surface area (Å²) in [4.78, 5) is 4.26. The number of aromatic nitrogens is 1. The van der Waals surface area contributed by atoms with E-state index in [9.17, 15) is 0 Å². The van der Waals surface area contributed by atoms with Crippen molar-refractivity contribution in [1.29, 1.82) is 0 Å². The molecule has 2 N–H and O–H groups in total. The fourth-order valence-electron chi connectivity index (χ4n) is 1.60. The maximum atomic E-state index is 5.88. The minimum absolute atomic E-state index is 0.399. The van der Waals surface area contributed by atoms with Gasteiger partial charge in [0.25, 0.3) is 0 Å². The zero-order valence-electron chi connectivity index (χ0n) is 9.35. The summed E-state index contributed by atoms with van der Waals surface area (Å²) in [5.74, 6) is 0. The van der Waals surface area contributed by atoms with E-state index in [1.165, 1.54) is 0 Å². The Kier molecular flexibility index (Phi) is 2.78. The van der Waals surface area contributed by atoms with Crippen molar-refractivity contribution in [3.8, 4) is 0 Å². The van der Waals surface area contributed by atoms with Crippen LogP contribution in [0.4, 0.5) is 11.7 Å². The number of hydrazine groups is 1. The number of oxazole rings is 1. The molecule has 4 nitrogen and oxygen atoms in total. The zero-order valence-corrected chi connectivity index (χ0v) is 10.1. The minimum Gasteiger partial charge on any atom is -0.422 e. The Morgan fingerprint density at radius 1 is 1.00 bits per heavy atom. The lowest BCUT2D eigenvalue weighted by molar-refractivity contribution is 0.620. The summed E-state index contributed by atoms with van der Waals surface area (Å²) >= 11 is 5.88. The monoisotopic (exact) mass is 259 g/mol. The molecule has 2 aromatic carbocycles. The Hall–Kier alpha value is -2.20. The van der Waals surface area contributed by atoms with Gasteiger partial charge in [0, 0.05) is 5.02 Å². The predicted molar refractivity (Wildman–Crippen MR) is 72.7 cm³/mol. The van der Waals surface area contributed by atoms with E-state index < -0.39 is 0 Å². The van der Waals surface area contributed by atoms with Gasteiger partial charge >= 0.3 is 6.01 Å². The van der Waals surface area contributed by atoms with Crippen molar-refractivity contribution in [1.82, 2.24) is 4.98 Å². The number of nitrogens with zero attached hydrogens (tertiary/aromatic N) is 1. The highest BCUT2D eigenvalue weighted by molar-refractivity contribution is 6.31. The molecule has 0 bridgehead atoms. The van der Waals surface area contributed by atoms with E-state index in [0.29, 0.717) is 16.6 Å². The van der Waals surface area contributed by atoms with Gasteiger partial charge in [-0.25, -0.2) is 0 Å². The summed E-state index contributed by atoms with van der Waals surface area (Å²) in [7, 11) is 0. The van der Waals surface area contributed by atoms with Crippen molar-refractivity contribution < 1.29 is 4.42 Å². The number of anilines is 2. The van der Waals surface area contributed by atoms with Gasteiger partial charge in [0.2, 0.25) is 0 Å². The summed E-state index contributed by atoms with van der Waals surface area (Å²) in [5, 5.41) is 0.637. The molecule has 0 atom stereocenters. The van der Waals surface area contributed by atoms with Crippen LogP contribution < -0.4 is 10.9 Å². The van der Waals surface area contributed by atoms with Crippen molar-refractivity contribution >= 4 is 34.4 Å². The first kappa shape index (κ1) is 10.9. The van der Waals surface area contributed by atoms with Gasteiger partial charge in [-0.05, 0) is 30.3 Å². The SMILES string of the molecule is Clc1ccc2oc(NNc3ccccc3)nc2c1. The van der Waals surface area contributed by atoms with Crippen LogP contribution in [0.5, 0.6) is 0 Å². The molecule has 90 valence electrons. The third-order valence-corrected chi connectivity index (χ3v) is 2.67. The predicted octanol–water partition coefficient (Wildman–Crippen LogP) is 3.92. The molecule has 0 spiro atoms. The van der Waals surface area contributed by atoms with Gasteiger partial charge in [-0.2, -0.15) is 4.98 Å². The standard InChI is InChI=1S/C13H10ClN3O/c14-9-6-7-12-11(8-9)15-13(18-12)17-16-10-4-2-1-3-5-10/h1-8,16H,(H,15,17). The number of fused-ring (bicyclic) bond motifs is 1. The van der Waals surface area contributed by atoms with E-state index in [1.54, 1.807) is 18.2 Å². The molecule has 0 aliphatic carbocycles. The van der Waals surface area contributed by atoms with E-state index in [2.05, 4.69) is 15.8 Å². The number of benzene rings is 2. The van der Waals surface area contributed by atoms with E-state index >= 15 is 0 Å². The lowest BCUT2D eigenvalue weighted by atomic mass is 10.3. The maximum absolute atomic E-state index is 5.88. The molecule has 0 radical (unpaired) electrons. The lowest BCUT2D eigenvalue weighted by Crippen LogP contribution is -2.08. The number of hydrogen-bond donors (Lipinski definition) is 2. The lowest BCUT2D eigenvalue weighted by Gasteiger charge is -2.04. The molecule has 1 heterocycles. The summed E-state index contributed by atoms with van der Waals surface area (Å²) in [5.41, 5.74) is 8.24. The van der Waals surface area contributed by atoms with Crippen LogP contribution in [0.1, 0.15) is 0 Å². The molecule has 1 aromatic heterocycles. The zero-order chi connectivity index (χ0) is 12.4. The molecule has 0 saturated heterocycles. The Labute approximate surface area is 109 Å². The summed E-state index contributed by atoms with van der Waals surface area (Å²) < 4.78 is 5.50. The number of para-hydroxylation sites is 1. The molecule has 0 amide bonds. The average Bonchev–Trinajstić information content (AvgIpc) is 2.79. The maximum Gasteiger partial charge on any atom is 0.314 e. The first-order valence-corrected chi connectivity index (χ1v) is 5.82. The average molecular weight is 260 g/mol. The second kappa shape index (κ2) is 4.58. The van der Waals surface area contributed by atoms with Crippen molar-refractivity contribution in [2.24, 2.45) is 0 Å².